The Morgan fingerprint density at radius 1 is 0.202 bits per heavy atom. The van der Waals surface area contributed by atoms with E-state index in [4.69, 9.17) is 9.47 Å². The summed E-state index contributed by atoms with van der Waals surface area (Å²) in [5.41, 5.74) is 22.1. The smallest absolute Gasteiger partial charge is 0.127 e. The molecule has 0 aromatic heterocycles. The molecule has 0 heterocycles. The summed E-state index contributed by atoms with van der Waals surface area (Å²) in [6, 6.07) is 136. The highest BCUT2D eigenvalue weighted by molar-refractivity contribution is 6.07. The molecule has 0 radical (unpaired) electrons. The lowest BCUT2D eigenvalue weighted by Crippen LogP contribution is -2.28. The Balaban J connectivity index is 0.804. The first-order valence-corrected chi connectivity index (χ1v) is 32.2. The highest BCUT2D eigenvalue weighted by Gasteiger charge is 2.48. The lowest BCUT2D eigenvalue weighted by atomic mass is 9.67. The van der Waals surface area contributed by atoms with Crippen LogP contribution in [-0.2, 0) is 10.8 Å². The molecule has 0 amide bonds. The third-order valence-electron chi connectivity index (χ3n) is 19.1. The predicted molar refractivity (Wildman–Crippen MR) is 386 cm³/mol. The van der Waals surface area contributed by atoms with Crippen molar-refractivity contribution in [3.05, 3.63) is 421 Å². The molecule has 15 aromatic rings. The zero-order valence-electron chi connectivity index (χ0n) is 51.5. The molecule has 0 unspecified atom stereocenters. The number of hydrogen-bond acceptors (Lipinski definition) is 4. The first kappa shape index (κ1) is 55.8. The molecule has 2 aliphatic carbocycles. The number of rotatable bonds is 15. The van der Waals surface area contributed by atoms with Crippen molar-refractivity contribution >= 4 is 44.9 Å². The second kappa shape index (κ2) is 23.5. The maximum atomic E-state index is 6.42. The molecule has 0 N–H and O–H groups in total. The van der Waals surface area contributed by atoms with Gasteiger partial charge < -0.3 is 19.3 Å². The molecule has 0 spiro atoms. The Kier molecular flexibility index (Phi) is 14.0. The van der Waals surface area contributed by atoms with Gasteiger partial charge in [0, 0.05) is 33.8 Å². The van der Waals surface area contributed by atoms with E-state index in [2.05, 4.69) is 325 Å². The van der Waals surface area contributed by atoms with Crippen LogP contribution in [0.4, 0.5) is 34.1 Å². The van der Waals surface area contributed by atoms with Crippen molar-refractivity contribution in [2.24, 2.45) is 0 Å². The maximum absolute atomic E-state index is 6.42. The number of ether oxygens (including phenoxy) is 2. The van der Waals surface area contributed by atoms with E-state index in [0.717, 1.165) is 79.0 Å². The minimum absolute atomic E-state index is 0.572. The molecule has 4 nitrogen and oxygen atoms in total. The molecule has 2 aliphatic rings. The molecule has 94 heavy (non-hydrogen) atoms. The highest BCUT2D eigenvalue weighted by atomic mass is 16.5. The first-order valence-electron chi connectivity index (χ1n) is 32.2. The largest absolute Gasteiger partial charge is 0.457 e. The molecule has 4 heteroatoms. The van der Waals surface area contributed by atoms with Gasteiger partial charge in [-0.3, -0.25) is 0 Å². The van der Waals surface area contributed by atoms with Crippen LogP contribution in [-0.4, -0.2) is 0 Å². The second-order valence-corrected chi connectivity index (χ2v) is 24.2. The van der Waals surface area contributed by atoms with E-state index in [0.29, 0.717) is 0 Å². The van der Waals surface area contributed by atoms with Crippen LogP contribution < -0.4 is 19.3 Å². The fraction of sp³-hybridized carbons (Fsp3) is 0.0222. The summed E-state index contributed by atoms with van der Waals surface area (Å²) < 4.78 is 12.8. The predicted octanol–water partition coefficient (Wildman–Crippen LogP) is 23.8. The summed E-state index contributed by atoms with van der Waals surface area (Å²) in [6.45, 7) is 0. The van der Waals surface area contributed by atoms with Gasteiger partial charge in [-0.2, -0.15) is 0 Å². The van der Waals surface area contributed by atoms with E-state index in [1.165, 1.54) is 66.8 Å². The topological polar surface area (TPSA) is 24.9 Å². The Hall–Kier alpha value is -12.2. The van der Waals surface area contributed by atoms with E-state index in [1.54, 1.807) is 0 Å². The average Bonchev–Trinajstić information content (AvgIpc) is 1.54. The molecule has 15 aromatic carbocycles. The van der Waals surface area contributed by atoms with Crippen LogP contribution in [0.3, 0.4) is 0 Å². The fourth-order valence-electron chi connectivity index (χ4n) is 15.1. The van der Waals surface area contributed by atoms with Crippen molar-refractivity contribution in [3.8, 4) is 56.4 Å². The van der Waals surface area contributed by atoms with Gasteiger partial charge in [0.1, 0.15) is 23.0 Å². The lowest BCUT2D eigenvalue weighted by Gasteiger charge is -2.35. The summed E-state index contributed by atoms with van der Waals surface area (Å²) in [4.78, 5) is 4.81. The number of hydrogen-bond donors (Lipinski definition) is 0. The Bertz CT molecular complexity index is 5140. The monoisotopic (exact) mass is 1200 g/mol. The van der Waals surface area contributed by atoms with E-state index < -0.39 is 10.8 Å². The minimum Gasteiger partial charge on any atom is -0.457 e. The molecule has 0 aliphatic heterocycles. The van der Waals surface area contributed by atoms with Gasteiger partial charge in [-0.15, -0.1) is 0 Å². The van der Waals surface area contributed by atoms with Gasteiger partial charge in [-0.25, -0.2) is 0 Å². The highest BCUT2D eigenvalue weighted by Crippen LogP contribution is 2.60. The van der Waals surface area contributed by atoms with Gasteiger partial charge in [0.05, 0.1) is 16.5 Å². The molecular formula is C90H62N2O2. The van der Waals surface area contributed by atoms with Crippen molar-refractivity contribution in [1.82, 2.24) is 0 Å². The van der Waals surface area contributed by atoms with Crippen LogP contribution in [0.15, 0.2) is 376 Å². The third-order valence-corrected chi connectivity index (χ3v) is 19.1. The number of anilines is 6. The number of benzene rings is 15. The van der Waals surface area contributed by atoms with Crippen molar-refractivity contribution in [2.45, 2.75) is 10.8 Å². The van der Waals surface area contributed by atoms with Crippen molar-refractivity contribution < 1.29 is 9.47 Å². The van der Waals surface area contributed by atoms with Gasteiger partial charge in [0.15, 0.2) is 0 Å². The minimum atomic E-state index is -0.585. The standard InChI is InChI=1S/C90H62N2O2/c1-7-25-64(26-8-1)89(65-27-9-2-10-28-65)84-41-23-21-38-79(84)81-57-51-71(61-86(81)89)91(69-47-53-75(54-48-69)93-73-33-15-5-16-34-73)68-45-43-63(44-46-68)77-59-60-88(83-40-20-19-37-78(77)83)92(70-49-55-76(56-50-70)94-74-35-17-6-18-36-74)72-52-58-82-80-39-22-24-42-85(80)90(87(82)62-72,66-29-11-3-12-30-66)67-31-13-4-14-32-67/h1-62H. The van der Waals surface area contributed by atoms with Crippen LogP contribution in [0.2, 0.25) is 0 Å². The molecule has 0 saturated heterocycles. The average molecular weight is 1200 g/mol. The molecule has 0 atom stereocenters. The Morgan fingerprint density at radius 3 is 0.947 bits per heavy atom. The fourth-order valence-corrected chi connectivity index (χ4v) is 15.1. The quantitative estimate of drug-likeness (QED) is 0.102. The van der Waals surface area contributed by atoms with E-state index in [9.17, 15) is 0 Å². The Labute approximate surface area is 548 Å². The molecule has 0 bridgehead atoms. The van der Waals surface area contributed by atoms with Crippen molar-refractivity contribution in [1.29, 1.82) is 0 Å². The van der Waals surface area contributed by atoms with E-state index in [-0.39, 0.29) is 0 Å². The summed E-state index contributed by atoms with van der Waals surface area (Å²) in [5, 5.41) is 2.26. The summed E-state index contributed by atoms with van der Waals surface area (Å²) in [6.07, 6.45) is 0. The van der Waals surface area contributed by atoms with Gasteiger partial charge in [-0.1, -0.05) is 261 Å². The maximum Gasteiger partial charge on any atom is 0.127 e. The lowest BCUT2D eigenvalue weighted by molar-refractivity contribution is 0.482. The molecule has 0 saturated carbocycles. The van der Waals surface area contributed by atoms with Crippen LogP contribution in [0, 0.1) is 0 Å². The number of fused-ring (bicyclic) bond motifs is 7. The summed E-state index contributed by atoms with van der Waals surface area (Å²) in [7, 11) is 0. The van der Waals surface area contributed by atoms with Gasteiger partial charge >= 0.3 is 0 Å². The van der Waals surface area contributed by atoms with E-state index in [1.807, 2.05) is 60.7 Å². The van der Waals surface area contributed by atoms with Gasteiger partial charge in [-0.05, 0) is 199 Å². The van der Waals surface area contributed by atoms with Crippen LogP contribution in [0.5, 0.6) is 23.0 Å². The first-order chi connectivity index (χ1) is 46.6. The van der Waals surface area contributed by atoms with E-state index >= 15 is 0 Å². The third kappa shape index (κ3) is 9.37. The number of nitrogens with zero attached hydrogens (tertiary/aromatic N) is 2. The normalized spacial score (nSPS) is 12.9. The molecular weight excluding hydrogens is 1140 g/mol. The molecule has 444 valence electrons. The van der Waals surface area contributed by atoms with Gasteiger partial charge in [0.2, 0.25) is 0 Å². The SMILES string of the molecule is c1ccc(Oc2ccc(N(c3ccc(-c4ccc(N(c5ccc(Oc6ccccc6)cc5)c5ccc6c(c5)C(c5ccccc5)(c5ccccc5)c5ccccc5-6)c5ccccc45)cc3)c3ccc4c(c3)C(c3ccccc3)(c3ccccc3)c3ccccc3-4)cc2)cc1. The zero-order chi connectivity index (χ0) is 62.4. The van der Waals surface area contributed by atoms with Crippen LogP contribution in [0.25, 0.3) is 44.2 Å². The van der Waals surface area contributed by atoms with Crippen molar-refractivity contribution in [3.63, 3.8) is 0 Å². The van der Waals surface area contributed by atoms with Crippen LogP contribution in [0.1, 0.15) is 44.5 Å². The Morgan fingerprint density at radius 2 is 0.511 bits per heavy atom. The summed E-state index contributed by atoms with van der Waals surface area (Å²) >= 11 is 0. The van der Waals surface area contributed by atoms with Gasteiger partial charge in [0.25, 0.3) is 0 Å². The number of para-hydroxylation sites is 2. The molecule has 0 fully saturated rings. The van der Waals surface area contributed by atoms with Crippen molar-refractivity contribution in [2.75, 3.05) is 9.80 Å². The zero-order valence-corrected chi connectivity index (χ0v) is 51.5. The second-order valence-electron chi connectivity index (χ2n) is 24.2. The molecule has 17 rings (SSSR count). The van der Waals surface area contributed by atoms with Crippen LogP contribution >= 0.6 is 0 Å². The summed E-state index contributed by atoms with van der Waals surface area (Å²) in [5.74, 6) is 3.10.